The second-order valence-corrected chi connectivity index (χ2v) is 4.58. The number of nitrogens with zero attached hydrogens (tertiary/aromatic N) is 1. The number of carbonyl (C=O) groups is 1. The molecule has 2 rings (SSSR count). The first-order valence-corrected chi connectivity index (χ1v) is 6.26. The minimum Gasteiger partial charge on any atom is -0.367 e. The molecule has 4 heteroatoms. The first kappa shape index (κ1) is 13.2. The van der Waals surface area contributed by atoms with Gasteiger partial charge in [0.2, 0.25) is 0 Å². The molecule has 0 aliphatic carbocycles. The van der Waals surface area contributed by atoms with Crippen molar-refractivity contribution < 1.29 is 13.9 Å². The zero-order chi connectivity index (χ0) is 13.1. The molecular formula is C14H18FNO2. The molecule has 98 valence electrons. The molecule has 0 N–H and O–H groups in total. The Morgan fingerprint density at radius 3 is 3.06 bits per heavy atom. The summed E-state index contributed by atoms with van der Waals surface area (Å²) >= 11 is 0. The third-order valence-electron chi connectivity index (χ3n) is 3.36. The van der Waals surface area contributed by atoms with Gasteiger partial charge in [-0.05, 0) is 31.2 Å². The number of ketones is 1. The average molecular weight is 251 g/mol. The maximum Gasteiger partial charge on any atom is 0.193 e. The Labute approximate surface area is 107 Å². The van der Waals surface area contributed by atoms with Crippen LogP contribution in [0.2, 0.25) is 0 Å². The van der Waals surface area contributed by atoms with E-state index in [-0.39, 0.29) is 11.6 Å². The second kappa shape index (κ2) is 5.59. The van der Waals surface area contributed by atoms with Gasteiger partial charge < -0.3 is 4.74 Å². The van der Waals surface area contributed by atoms with Gasteiger partial charge in [-0.1, -0.05) is 13.0 Å². The summed E-state index contributed by atoms with van der Waals surface area (Å²) in [5, 5.41) is 0. The zero-order valence-corrected chi connectivity index (χ0v) is 10.8. The van der Waals surface area contributed by atoms with Crippen LogP contribution in [0.5, 0.6) is 0 Å². The van der Waals surface area contributed by atoms with Gasteiger partial charge in [0.1, 0.15) is 11.9 Å². The predicted molar refractivity (Wildman–Crippen MR) is 67.3 cm³/mol. The SMILES string of the molecule is CCN1CCOC(C(=O)c2cc(F)ccc2C)C1. The van der Waals surface area contributed by atoms with E-state index in [0.717, 1.165) is 18.7 Å². The summed E-state index contributed by atoms with van der Waals surface area (Å²) in [5.41, 5.74) is 1.22. The molecule has 3 nitrogen and oxygen atoms in total. The first-order valence-electron chi connectivity index (χ1n) is 6.26. The lowest BCUT2D eigenvalue weighted by Gasteiger charge is -2.31. The molecule has 1 heterocycles. The van der Waals surface area contributed by atoms with Crippen LogP contribution in [0.1, 0.15) is 22.8 Å². The molecule has 1 aliphatic heterocycles. The molecule has 0 aromatic heterocycles. The fraction of sp³-hybridized carbons (Fsp3) is 0.500. The van der Waals surface area contributed by atoms with Crippen LogP contribution in [0.15, 0.2) is 18.2 Å². The van der Waals surface area contributed by atoms with Crippen molar-refractivity contribution in [1.29, 1.82) is 0 Å². The summed E-state index contributed by atoms with van der Waals surface area (Å²) in [6.45, 7) is 6.76. The maximum atomic E-state index is 13.2. The van der Waals surface area contributed by atoms with Crippen molar-refractivity contribution in [2.75, 3.05) is 26.2 Å². The molecule has 1 atom stereocenters. The highest BCUT2D eigenvalue weighted by molar-refractivity contribution is 6.00. The predicted octanol–water partition coefficient (Wildman–Crippen LogP) is 2.04. The van der Waals surface area contributed by atoms with Crippen molar-refractivity contribution in [2.45, 2.75) is 20.0 Å². The van der Waals surface area contributed by atoms with Crippen LogP contribution in [-0.2, 0) is 4.74 Å². The number of Topliss-reactive ketones (excluding diaryl/α,β-unsaturated/α-hetero) is 1. The van der Waals surface area contributed by atoms with Crippen LogP contribution < -0.4 is 0 Å². The van der Waals surface area contributed by atoms with Crippen LogP contribution in [-0.4, -0.2) is 43.0 Å². The van der Waals surface area contributed by atoms with Crippen molar-refractivity contribution in [1.82, 2.24) is 4.90 Å². The first-order chi connectivity index (χ1) is 8.61. The van der Waals surface area contributed by atoms with Gasteiger partial charge in [-0.2, -0.15) is 0 Å². The van der Waals surface area contributed by atoms with Gasteiger partial charge in [0.25, 0.3) is 0 Å². The van der Waals surface area contributed by atoms with Crippen LogP contribution in [0.4, 0.5) is 4.39 Å². The lowest BCUT2D eigenvalue weighted by atomic mass is 10.00. The molecule has 0 saturated carbocycles. The summed E-state index contributed by atoms with van der Waals surface area (Å²) < 4.78 is 18.7. The van der Waals surface area contributed by atoms with E-state index in [9.17, 15) is 9.18 Å². The number of hydrogen-bond acceptors (Lipinski definition) is 3. The number of ether oxygens (including phenoxy) is 1. The van der Waals surface area contributed by atoms with Crippen molar-refractivity contribution in [3.05, 3.63) is 35.1 Å². The minimum absolute atomic E-state index is 0.120. The molecule has 1 fully saturated rings. The van der Waals surface area contributed by atoms with Crippen molar-refractivity contribution in [3.8, 4) is 0 Å². The lowest BCUT2D eigenvalue weighted by Crippen LogP contribution is -2.46. The third kappa shape index (κ3) is 2.76. The summed E-state index contributed by atoms with van der Waals surface area (Å²) in [4.78, 5) is 14.5. The van der Waals surface area contributed by atoms with Crippen molar-refractivity contribution in [2.24, 2.45) is 0 Å². The van der Waals surface area contributed by atoms with Gasteiger partial charge in [0, 0.05) is 18.7 Å². The smallest absolute Gasteiger partial charge is 0.193 e. The molecule has 0 spiro atoms. The van der Waals surface area contributed by atoms with E-state index in [4.69, 9.17) is 4.74 Å². The second-order valence-electron chi connectivity index (χ2n) is 4.58. The molecular weight excluding hydrogens is 233 g/mol. The third-order valence-corrected chi connectivity index (χ3v) is 3.36. The number of halogens is 1. The molecule has 1 aromatic rings. The Bertz CT molecular complexity index is 447. The van der Waals surface area contributed by atoms with Crippen LogP contribution in [0.25, 0.3) is 0 Å². The quantitative estimate of drug-likeness (QED) is 0.770. The summed E-state index contributed by atoms with van der Waals surface area (Å²) in [6.07, 6.45) is -0.473. The number of hydrogen-bond donors (Lipinski definition) is 0. The summed E-state index contributed by atoms with van der Waals surface area (Å²) in [6, 6.07) is 4.29. The Morgan fingerprint density at radius 2 is 2.33 bits per heavy atom. The Morgan fingerprint density at radius 1 is 1.56 bits per heavy atom. The van der Waals surface area contributed by atoms with Gasteiger partial charge in [-0.15, -0.1) is 0 Å². The Kier molecular flexibility index (Phi) is 4.09. The van der Waals surface area contributed by atoms with Crippen LogP contribution in [0, 0.1) is 12.7 Å². The molecule has 1 saturated heterocycles. The lowest BCUT2D eigenvalue weighted by molar-refractivity contribution is -0.0149. The van der Waals surface area contributed by atoms with Crippen LogP contribution >= 0.6 is 0 Å². The largest absolute Gasteiger partial charge is 0.367 e. The van der Waals surface area contributed by atoms with Crippen LogP contribution in [0.3, 0.4) is 0 Å². The molecule has 1 unspecified atom stereocenters. The molecule has 1 aromatic carbocycles. The number of benzene rings is 1. The topological polar surface area (TPSA) is 29.5 Å². The molecule has 0 bridgehead atoms. The van der Waals surface area contributed by atoms with Gasteiger partial charge >= 0.3 is 0 Å². The van der Waals surface area contributed by atoms with E-state index in [1.54, 1.807) is 6.07 Å². The molecule has 18 heavy (non-hydrogen) atoms. The van der Waals surface area contributed by atoms with Gasteiger partial charge in [-0.25, -0.2) is 4.39 Å². The van der Waals surface area contributed by atoms with E-state index < -0.39 is 6.10 Å². The number of morpholine rings is 1. The highest BCUT2D eigenvalue weighted by Gasteiger charge is 2.27. The number of carbonyl (C=O) groups excluding carboxylic acids is 1. The van der Waals surface area contributed by atoms with Crippen molar-refractivity contribution >= 4 is 5.78 Å². The monoisotopic (exact) mass is 251 g/mol. The van der Waals surface area contributed by atoms with Crippen molar-refractivity contribution in [3.63, 3.8) is 0 Å². The van der Waals surface area contributed by atoms with E-state index >= 15 is 0 Å². The maximum absolute atomic E-state index is 13.2. The highest BCUT2D eigenvalue weighted by Crippen LogP contribution is 2.16. The molecule has 0 amide bonds. The zero-order valence-electron chi connectivity index (χ0n) is 10.8. The van der Waals surface area contributed by atoms with E-state index in [2.05, 4.69) is 11.8 Å². The minimum atomic E-state index is -0.473. The fourth-order valence-corrected chi connectivity index (χ4v) is 2.18. The normalized spacial score (nSPS) is 20.9. The Hall–Kier alpha value is -1.26. The number of likely N-dealkylation sites (N-methyl/N-ethyl adjacent to an activating group) is 1. The van der Waals surface area contributed by atoms with E-state index in [1.165, 1.54) is 12.1 Å². The van der Waals surface area contributed by atoms with Gasteiger partial charge in [-0.3, -0.25) is 9.69 Å². The Balaban J connectivity index is 2.17. The standard InChI is InChI=1S/C14H18FNO2/c1-3-16-6-7-18-13(9-16)14(17)12-8-11(15)5-4-10(12)2/h4-5,8,13H,3,6-7,9H2,1-2H3. The average Bonchev–Trinajstić information content (AvgIpc) is 2.41. The van der Waals surface area contributed by atoms with Gasteiger partial charge in [0.15, 0.2) is 5.78 Å². The van der Waals surface area contributed by atoms with Gasteiger partial charge in [0.05, 0.1) is 6.61 Å². The number of aryl methyl sites for hydroxylation is 1. The summed E-state index contributed by atoms with van der Waals surface area (Å²) in [7, 11) is 0. The van der Waals surface area contributed by atoms with E-state index in [1.807, 2.05) is 6.92 Å². The van der Waals surface area contributed by atoms with E-state index in [0.29, 0.717) is 18.7 Å². The fourth-order valence-electron chi connectivity index (χ4n) is 2.18. The molecule has 0 radical (unpaired) electrons. The highest BCUT2D eigenvalue weighted by atomic mass is 19.1. The molecule has 1 aliphatic rings. The summed E-state index contributed by atoms with van der Waals surface area (Å²) in [5.74, 6) is -0.503. The number of rotatable bonds is 3.